The van der Waals surface area contributed by atoms with Gasteiger partial charge in [-0.25, -0.2) is 0 Å². The minimum atomic E-state index is 0.204. The van der Waals surface area contributed by atoms with Crippen LogP contribution in [-0.4, -0.2) is 5.78 Å². The number of hydrogen-bond donors (Lipinski definition) is 0. The van der Waals surface area contributed by atoms with Crippen LogP contribution in [0.5, 0.6) is 0 Å². The SMILES string of the molecule is Cc1cc2c(cc1Cl)CC1C(=C2)C(=O)C(C)C2CCCCCC12. The first-order valence-corrected chi connectivity index (χ1v) is 9.49. The van der Waals surface area contributed by atoms with Crippen LogP contribution >= 0.6 is 11.6 Å². The lowest BCUT2D eigenvalue weighted by Gasteiger charge is -2.44. The zero-order valence-electron chi connectivity index (χ0n) is 14.1. The van der Waals surface area contributed by atoms with Crippen LogP contribution in [0.2, 0.25) is 5.02 Å². The summed E-state index contributed by atoms with van der Waals surface area (Å²) in [6.07, 6.45) is 9.68. The normalized spacial score (nSPS) is 33.2. The van der Waals surface area contributed by atoms with E-state index in [0.29, 0.717) is 23.5 Å². The lowest BCUT2D eigenvalue weighted by atomic mass is 9.59. The molecule has 0 amide bonds. The van der Waals surface area contributed by atoms with Gasteiger partial charge in [0.2, 0.25) is 0 Å². The lowest BCUT2D eigenvalue weighted by Crippen LogP contribution is -2.42. The Morgan fingerprint density at radius 3 is 2.61 bits per heavy atom. The molecular weight excluding hydrogens is 304 g/mol. The Morgan fingerprint density at radius 2 is 1.83 bits per heavy atom. The Kier molecular flexibility index (Phi) is 3.88. The Hall–Kier alpha value is -1.08. The van der Waals surface area contributed by atoms with Crippen LogP contribution in [0.1, 0.15) is 55.7 Å². The van der Waals surface area contributed by atoms with Crippen LogP contribution in [0.25, 0.3) is 6.08 Å². The fourth-order valence-corrected chi connectivity index (χ4v) is 5.44. The van der Waals surface area contributed by atoms with Gasteiger partial charge in [0.15, 0.2) is 5.78 Å². The smallest absolute Gasteiger partial charge is 0.162 e. The average molecular weight is 329 g/mol. The average Bonchev–Trinajstić information content (AvgIpc) is 2.79. The maximum atomic E-state index is 13.0. The third-order valence-electron chi connectivity index (χ3n) is 6.55. The standard InChI is InChI=1S/C21H25ClO/c1-12-8-14-10-19-18(9-15(14)11-20(12)22)17-7-5-3-4-6-16(17)13(2)21(19)23/h8,10-11,13,16-18H,3-7,9H2,1-2H3. The van der Waals surface area contributed by atoms with Crippen molar-refractivity contribution < 1.29 is 4.79 Å². The molecule has 4 rings (SSSR count). The second kappa shape index (κ2) is 5.77. The second-order valence-electron chi connectivity index (χ2n) is 7.83. The van der Waals surface area contributed by atoms with Gasteiger partial charge in [-0.1, -0.05) is 43.9 Å². The summed E-state index contributed by atoms with van der Waals surface area (Å²) in [4.78, 5) is 13.0. The molecule has 0 bridgehead atoms. The van der Waals surface area contributed by atoms with Crippen molar-refractivity contribution in [2.75, 3.05) is 0 Å². The summed E-state index contributed by atoms with van der Waals surface area (Å²) < 4.78 is 0. The Bertz CT molecular complexity index is 687. The molecule has 1 aromatic carbocycles. The third-order valence-corrected chi connectivity index (χ3v) is 6.96. The molecule has 1 nitrogen and oxygen atoms in total. The van der Waals surface area contributed by atoms with Crippen LogP contribution in [0, 0.1) is 30.6 Å². The number of carbonyl (C=O) groups is 1. The number of carbonyl (C=O) groups excluding carboxylic acids is 1. The highest BCUT2D eigenvalue weighted by Crippen LogP contribution is 2.50. The van der Waals surface area contributed by atoms with Crippen molar-refractivity contribution in [1.82, 2.24) is 0 Å². The predicted octanol–water partition coefficient (Wildman–Crippen LogP) is 5.62. The zero-order valence-corrected chi connectivity index (χ0v) is 14.8. The number of Topliss-reactive ketones (excluding diaryl/α,β-unsaturated/α-hetero) is 1. The molecule has 0 heterocycles. The Labute approximate surface area is 144 Å². The molecule has 0 saturated heterocycles. The van der Waals surface area contributed by atoms with Crippen molar-refractivity contribution in [1.29, 1.82) is 0 Å². The van der Waals surface area contributed by atoms with Gasteiger partial charge in [0.25, 0.3) is 0 Å². The van der Waals surface area contributed by atoms with Crippen LogP contribution in [0.3, 0.4) is 0 Å². The Morgan fingerprint density at radius 1 is 1.09 bits per heavy atom. The number of allylic oxidation sites excluding steroid dienone is 1. The van der Waals surface area contributed by atoms with Crippen molar-refractivity contribution in [2.24, 2.45) is 23.7 Å². The van der Waals surface area contributed by atoms with Crippen molar-refractivity contribution >= 4 is 23.5 Å². The quantitative estimate of drug-likeness (QED) is 0.604. The summed E-state index contributed by atoms with van der Waals surface area (Å²) in [7, 11) is 0. The molecule has 1 aromatic rings. The van der Waals surface area contributed by atoms with Crippen molar-refractivity contribution in [2.45, 2.75) is 52.4 Å². The first kappa shape index (κ1) is 15.4. The predicted molar refractivity (Wildman–Crippen MR) is 95.6 cm³/mol. The van der Waals surface area contributed by atoms with Crippen molar-refractivity contribution in [3.63, 3.8) is 0 Å². The van der Waals surface area contributed by atoms with Crippen LogP contribution in [0.15, 0.2) is 17.7 Å². The van der Waals surface area contributed by atoms with Crippen LogP contribution in [0.4, 0.5) is 0 Å². The van der Waals surface area contributed by atoms with E-state index in [1.165, 1.54) is 43.2 Å². The molecule has 3 aliphatic rings. The molecule has 23 heavy (non-hydrogen) atoms. The molecular formula is C21H25ClO. The monoisotopic (exact) mass is 328 g/mol. The maximum absolute atomic E-state index is 13.0. The molecule has 2 heteroatoms. The van der Waals surface area contributed by atoms with E-state index in [1.54, 1.807) is 0 Å². The highest BCUT2D eigenvalue weighted by molar-refractivity contribution is 6.31. The minimum absolute atomic E-state index is 0.204. The van der Waals surface area contributed by atoms with Gasteiger partial charge in [-0.2, -0.15) is 0 Å². The highest BCUT2D eigenvalue weighted by atomic mass is 35.5. The molecule has 0 aliphatic heterocycles. The molecule has 0 radical (unpaired) electrons. The van der Waals surface area contributed by atoms with Gasteiger partial charge in [-0.3, -0.25) is 4.79 Å². The minimum Gasteiger partial charge on any atom is -0.294 e. The van der Waals surface area contributed by atoms with E-state index in [0.717, 1.165) is 22.6 Å². The summed E-state index contributed by atoms with van der Waals surface area (Å²) in [5, 5.41) is 0.855. The zero-order chi connectivity index (χ0) is 16.1. The lowest BCUT2D eigenvalue weighted by molar-refractivity contribution is -0.124. The molecule has 2 fully saturated rings. The van der Waals surface area contributed by atoms with Gasteiger partial charge in [0, 0.05) is 10.9 Å². The summed E-state index contributed by atoms with van der Waals surface area (Å²) in [5.41, 5.74) is 4.75. The van der Waals surface area contributed by atoms with Gasteiger partial charge < -0.3 is 0 Å². The number of benzene rings is 1. The maximum Gasteiger partial charge on any atom is 0.162 e. The van der Waals surface area contributed by atoms with E-state index < -0.39 is 0 Å². The van der Waals surface area contributed by atoms with E-state index in [2.05, 4.69) is 25.1 Å². The molecule has 3 aliphatic carbocycles. The molecule has 2 saturated carbocycles. The fourth-order valence-electron chi connectivity index (χ4n) is 5.26. The molecule has 4 unspecified atom stereocenters. The summed E-state index contributed by atoms with van der Waals surface area (Å²) >= 11 is 6.35. The van der Waals surface area contributed by atoms with E-state index >= 15 is 0 Å². The van der Waals surface area contributed by atoms with Gasteiger partial charge in [-0.15, -0.1) is 0 Å². The Balaban J connectivity index is 1.79. The largest absolute Gasteiger partial charge is 0.294 e. The highest BCUT2D eigenvalue weighted by Gasteiger charge is 2.46. The summed E-state index contributed by atoms with van der Waals surface area (Å²) in [6.45, 7) is 4.21. The van der Waals surface area contributed by atoms with E-state index in [1.807, 2.05) is 6.92 Å². The van der Waals surface area contributed by atoms with Gasteiger partial charge >= 0.3 is 0 Å². The molecule has 0 aromatic heterocycles. The number of rotatable bonds is 0. The number of aryl methyl sites for hydroxylation is 1. The second-order valence-corrected chi connectivity index (χ2v) is 8.24. The molecule has 4 atom stereocenters. The van der Waals surface area contributed by atoms with Crippen molar-refractivity contribution in [3.05, 3.63) is 39.4 Å². The number of ketones is 1. The van der Waals surface area contributed by atoms with Crippen LogP contribution < -0.4 is 0 Å². The van der Waals surface area contributed by atoms with Gasteiger partial charge in [0.05, 0.1) is 0 Å². The number of halogens is 1. The summed E-state index contributed by atoms with van der Waals surface area (Å²) in [6, 6.07) is 4.28. The van der Waals surface area contributed by atoms with Crippen LogP contribution in [-0.2, 0) is 11.2 Å². The van der Waals surface area contributed by atoms with E-state index in [-0.39, 0.29) is 5.92 Å². The first-order valence-electron chi connectivity index (χ1n) is 9.11. The van der Waals surface area contributed by atoms with E-state index in [9.17, 15) is 4.79 Å². The fraction of sp³-hybridized carbons (Fsp3) is 0.571. The molecule has 0 N–H and O–H groups in total. The first-order chi connectivity index (χ1) is 11.1. The van der Waals surface area contributed by atoms with E-state index in [4.69, 9.17) is 11.6 Å². The summed E-state index contributed by atoms with van der Waals surface area (Å²) in [5.74, 6) is 2.32. The van der Waals surface area contributed by atoms with Gasteiger partial charge in [-0.05, 0) is 78.3 Å². The number of fused-ring (bicyclic) bond motifs is 4. The molecule has 0 spiro atoms. The number of hydrogen-bond acceptors (Lipinski definition) is 1. The molecule has 122 valence electrons. The topological polar surface area (TPSA) is 17.1 Å². The third kappa shape index (κ3) is 2.48. The van der Waals surface area contributed by atoms with Crippen molar-refractivity contribution in [3.8, 4) is 0 Å². The van der Waals surface area contributed by atoms with Gasteiger partial charge in [0.1, 0.15) is 0 Å².